The van der Waals surface area contributed by atoms with Crippen molar-refractivity contribution in [1.29, 1.82) is 0 Å². The largest absolute Gasteiger partial charge is 0.504 e. The maximum Gasteiger partial charge on any atom is 0.237 e. The van der Waals surface area contributed by atoms with Gasteiger partial charge in [-0.05, 0) is 48.1 Å². The van der Waals surface area contributed by atoms with Gasteiger partial charge in [0.15, 0.2) is 11.5 Å². The molecule has 5 N–H and O–H groups in total. The molecule has 1 atom stereocenters. The standard InChI is InChI=1S/C15H18N2O3S/c1-9-4-5-21-14(9)8-17-15(20)11(16)6-10-2-3-12(18)13(19)7-10/h2-5,7,11,18-19H,6,8,16H2,1H3,(H,17,20)/t11-/m0/s1. The molecule has 0 radical (unpaired) electrons. The molecule has 5 nitrogen and oxygen atoms in total. The van der Waals surface area contributed by atoms with E-state index in [-0.39, 0.29) is 17.4 Å². The van der Waals surface area contributed by atoms with Crippen LogP contribution in [0.5, 0.6) is 11.5 Å². The first-order chi connectivity index (χ1) is 9.97. The number of thiophene rings is 1. The lowest BCUT2D eigenvalue weighted by atomic mass is 10.1. The fraction of sp³-hybridized carbons (Fsp3) is 0.267. The van der Waals surface area contributed by atoms with Crippen molar-refractivity contribution in [3.8, 4) is 11.5 Å². The molecule has 1 aromatic heterocycles. The van der Waals surface area contributed by atoms with E-state index < -0.39 is 6.04 Å². The van der Waals surface area contributed by atoms with Gasteiger partial charge in [0.05, 0.1) is 12.6 Å². The van der Waals surface area contributed by atoms with Crippen LogP contribution in [-0.2, 0) is 17.8 Å². The highest BCUT2D eigenvalue weighted by molar-refractivity contribution is 7.10. The average molecular weight is 306 g/mol. The molecule has 0 unspecified atom stereocenters. The van der Waals surface area contributed by atoms with Gasteiger partial charge in [-0.2, -0.15) is 0 Å². The summed E-state index contributed by atoms with van der Waals surface area (Å²) in [5, 5.41) is 23.5. The molecule has 1 heterocycles. The van der Waals surface area contributed by atoms with Crippen LogP contribution < -0.4 is 11.1 Å². The fourth-order valence-electron chi connectivity index (χ4n) is 1.93. The Kier molecular flexibility index (Phi) is 4.82. The first-order valence-corrected chi connectivity index (χ1v) is 7.42. The molecule has 0 bridgehead atoms. The predicted molar refractivity (Wildman–Crippen MR) is 82.4 cm³/mol. The third-order valence-electron chi connectivity index (χ3n) is 3.22. The Bertz CT molecular complexity index is 640. The minimum Gasteiger partial charge on any atom is -0.504 e. The van der Waals surface area contributed by atoms with Crippen molar-refractivity contribution in [3.05, 3.63) is 45.6 Å². The Labute approximate surface area is 127 Å². The van der Waals surface area contributed by atoms with Gasteiger partial charge < -0.3 is 21.3 Å². The lowest BCUT2D eigenvalue weighted by molar-refractivity contribution is -0.122. The van der Waals surface area contributed by atoms with Crippen LogP contribution in [0.1, 0.15) is 16.0 Å². The highest BCUT2D eigenvalue weighted by atomic mass is 32.1. The van der Waals surface area contributed by atoms with Gasteiger partial charge >= 0.3 is 0 Å². The van der Waals surface area contributed by atoms with Crippen molar-refractivity contribution in [2.24, 2.45) is 5.73 Å². The lowest BCUT2D eigenvalue weighted by Crippen LogP contribution is -2.41. The van der Waals surface area contributed by atoms with Gasteiger partial charge in [0.2, 0.25) is 5.91 Å². The van der Waals surface area contributed by atoms with E-state index in [4.69, 9.17) is 5.73 Å². The van der Waals surface area contributed by atoms with Crippen LogP contribution in [0.3, 0.4) is 0 Å². The maximum absolute atomic E-state index is 12.0. The third-order valence-corrected chi connectivity index (χ3v) is 4.25. The zero-order valence-corrected chi connectivity index (χ0v) is 12.5. The van der Waals surface area contributed by atoms with E-state index in [2.05, 4.69) is 5.32 Å². The number of carbonyl (C=O) groups excluding carboxylic acids is 1. The number of aryl methyl sites for hydroxylation is 1. The van der Waals surface area contributed by atoms with Gasteiger partial charge in [0, 0.05) is 4.88 Å². The van der Waals surface area contributed by atoms with Crippen molar-refractivity contribution in [1.82, 2.24) is 5.32 Å². The van der Waals surface area contributed by atoms with Crippen molar-refractivity contribution in [2.75, 3.05) is 0 Å². The van der Waals surface area contributed by atoms with Crippen molar-refractivity contribution >= 4 is 17.2 Å². The first kappa shape index (κ1) is 15.3. The highest BCUT2D eigenvalue weighted by Crippen LogP contribution is 2.25. The number of amides is 1. The molecule has 0 aliphatic rings. The zero-order valence-electron chi connectivity index (χ0n) is 11.7. The second kappa shape index (κ2) is 6.60. The minimum absolute atomic E-state index is 0.190. The summed E-state index contributed by atoms with van der Waals surface area (Å²) < 4.78 is 0. The molecule has 6 heteroatoms. The second-order valence-corrected chi connectivity index (χ2v) is 5.88. The van der Waals surface area contributed by atoms with Crippen LogP contribution in [0.15, 0.2) is 29.6 Å². The molecular weight excluding hydrogens is 288 g/mol. The van der Waals surface area contributed by atoms with Gasteiger partial charge in [-0.1, -0.05) is 6.07 Å². The van der Waals surface area contributed by atoms with Gasteiger partial charge in [0.25, 0.3) is 0 Å². The van der Waals surface area contributed by atoms with Crippen molar-refractivity contribution in [3.63, 3.8) is 0 Å². The number of hydrogen-bond donors (Lipinski definition) is 4. The van der Waals surface area contributed by atoms with E-state index in [9.17, 15) is 15.0 Å². The number of rotatable bonds is 5. The summed E-state index contributed by atoms with van der Waals surface area (Å²) in [4.78, 5) is 13.1. The summed E-state index contributed by atoms with van der Waals surface area (Å²) >= 11 is 1.59. The second-order valence-electron chi connectivity index (χ2n) is 4.88. The molecule has 0 saturated carbocycles. The number of nitrogens with one attached hydrogen (secondary N) is 1. The normalized spacial score (nSPS) is 12.1. The summed E-state index contributed by atoms with van der Waals surface area (Å²) in [7, 11) is 0. The Morgan fingerprint density at radius 3 is 2.71 bits per heavy atom. The topological polar surface area (TPSA) is 95.6 Å². The van der Waals surface area contributed by atoms with E-state index in [0.717, 1.165) is 10.4 Å². The maximum atomic E-state index is 12.0. The van der Waals surface area contributed by atoms with Gasteiger partial charge in [-0.3, -0.25) is 4.79 Å². The van der Waals surface area contributed by atoms with Crippen molar-refractivity contribution < 1.29 is 15.0 Å². The predicted octanol–water partition coefficient (Wildman–Crippen LogP) is 1.65. The third kappa shape index (κ3) is 3.96. The number of carbonyl (C=O) groups is 1. The number of phenols is 2. The quantitative estimate of drug-likeness (QED) is 0.632. The Morgan fingerprint density at radius 2 is 2.10 bits per heavy atom. The molecule has 0 saturated heterocycles. The van der Waals surface area contributed by atoms with Gasteiger partial charge in [-0.15, -0.1) is 11.3 Å². The molecule has 0 aliphatic carbocycles. The molecule has 1 aromatic carbocycles. The summed E-state index contributed by atoms with van der Waals surface area (Å²) in [6, 6.07) is 5.72. The van der Waals surface area contributed by atoms with E-state index in [1.54, 1.807) is 17.4 Å². The van der Waals surface area contributed by atoms with Crippen LogP contribution in [0.25, 0.3) is 0 Å². The van der Waals surface area contributed by atoms with Crippen LogP contribution in [0.2, 0.25) is 0 Å². The molecular formula is C15H18N2O3S. The summed E-state index contributed by atoms with van der Waals surface area (Å²) in [6.07, 6.45) is 0.295. The molecule has 0 fully saturated rings. The first-order valence-electron chi connectivity index (χ1n) is 6.54. The summed E-state index contributed by atoms with van der Waals surface area (Å²) in [5.74, 6) is -0.644. The van der Waals surface area contributed by atoms with Crippen LogP contribution >= 0.6 is 11.3 Å². The minimum atomic E-state index is -0.700. The average Bonchev–Trinajstić information content (AvgIpc) is 2.85. The Hall–Kier alpha value is -2.05. The number of hydrogen-bond acceptors (Lipinski definition) is 5. The van der Waals surface area contributed by atoms with E-state index in [0.29, 0.717) is 18.5 Å². The molecule has 0 aliphatic heterocycles. The Balaban J connectivity index is 1.90. The number of aromatic hydroxyl groups is 2. The molecule has 1 amide bonds. The van der Waals surface area contributed by atoms with Crippen LogP contribution in [0, 0.1) is 6.92 Å². The molecule has 0 spiro atoms. The Morgan fingerprint density at radius 1 is 1.33 bits per heavy atom. The van der Waals surface area contributed by atoms with E-state index in [1.165, 1.54) is 12.1 Å². The highest BCUT2D eigenvalue weighted by Gasteiger charge is 2.15. The molecule has 2 aromatic rings. The lowest BCUT2D eigenvalue weighted by Gasteiger charge is -2.12. The van der Waals surface area contributed by atoms with Gasteiger partial charge in [0.1, 0.15) is 0 Å². The number of benzene rings is 1. The summed E-state index contributed by atoms with van der Waals surface area (Å²) in [6.45, 7) is 2.47. The van der Waals surface area contributed by atoms with E-state index >= 15 is 0 Å². The molecule has 21 heavy (non-hydrogen) atoms. The molecule has 112 valence electrons. The zero-order chi connectivity index (χ0) is 15.4. The summed E-state index contributed by atoms with van der Waals surface area (Å²) in [5.41, 5.74) is 7.71. The van der Waals surface area contributed by atoms with Crippen molar-refractivity contribution in [2.45, 2.75) is 25.9 Å². The van der Waals surface area contributed by atoms with E-state index in [1.807, 2.05) is 18.4 Å². The smallest absolute Gasteiger partial charge is 0.237 e. The molecule has 2 rings (SSSR count). The van der Waals surface area contributed by atoms with Gasteiger partial charge in [-0.25, -0.2) is 0 Å². The monoisotopic (exact) mass is 306 g/mol. The van der Waals surface area contributed by atoms with Crippen LogP contribution in [0.4, 0.5) is 0 Å². The SMILES string of the molecule is Cc1ccsc1CNC(=O)[C@@H](N)Cc1ccc(O)c(O)c1. The fourth-order valence-corrected chi connectivity index (χ4v) is 2.77. The van der Waals surface area contributed by atoms with Crippen LogP contribution in [-0.4, -0.2) is 22.2 Å². The number of phenolic OH excluding ortho intramolecular Hbond substituents is 2. The number of nitrogens with two attached hydrogens (primary N) is 1.